The van der Waals surface area contributed by atoms with Gasteiger partial charge in [-0.2, -0.15) is 0 Å². The molecular formula is C11H20N2O2. The standard InChI is InChI=1S/C11H20N2O2/c1-9-8-12-5-6-13(9)11(14)10-4-2-3-7-15-10/h9-10,12H,2-8H2,1H3. The van der Waals surface area contributed by atoms with Crippen LogP contribution in [0.4, 0.5) is 0 Å². The van der Waals surface area contributed by atoms with Crippen molar-refractivity contribution in [2.24, 2.45) is 0 Å². The Morgan fingerprint density at radius 2 is 2.33 bits per heavy atom. The van der Waals surface area contributed by atoms with E-state index < -0.39 is 0 Å². The van der Waals surface area contributed by atoms with Crippen LogP contribution in [0.2, 0.25) is 0 Å². The molecular weight excluding hydrogens is 192 g/mol. The number of amides is 1. The van der Waals surface area contributed by atoms with E-state index in [9.17, 15) is 4.79 Å². The number of carbonyl (C=O) groups excluding carboxylic acids is 1. The third-order valence-electron chi connectivity index (χ3n) is 3.24. The monoisotopic (exact) mass is 212 g/mol. The van der Waals surface area contributed by atoms with Gasteiger partial charge in [0, 0.05) is 32.3 Å². The van der Waals surface area contributed by atoms with Crippen molar-refractivity contribution in [1.29, 1.82) is 0 Å². The quantitative estimate of drug-likeness (QED) is 0.683. The highest BCUT2D eigenvalue weighted by Crippen LogP contribution is 2.16. The molecule has 2 saturated heterocycles. The van der Waals surface area contributed by atoms with Crippen LogP contribution in [-0.2, 0) is 9.53 Å². The van der Waals surface area contributed by atoms with Crippen LogP contribution >= 0.6 is 0 Å². The molecule has 0 spiro atoms. The molecule has 0 bridgehead atoms. The molecule has 15 heavy (non-hydrogen) atoms. The molecule has 2 fully saturated rings. The summed E-state index contributed by atoms with van der Waals surface area (Å²) in [7, 11) is 0. The first-order valence-electron chi connectivity index (χ1n) is 5.92. The Kier molecular flexibility index (Phi) is 3.59. The minimum Gasteiger partial charge on any atom is -0.368 e. The number of hydrogen-bond donors (Lipinski definition) is 1. The number of nitrogens with one attached hydrogen (secondary N) is 1. The molecule has 1 N–H and O–H groups in total. The third kappa shape index (κ3) is 2.49. The molecule has 2 atom stereocenters. The van der Waals surface area contributed by atoms with Crippen LogP contribution < -0.4 is 5.32 Å². The van der Waals surface area contributed by atoms with E-state index in [2.05, 4.69) is 12.2 Å². The van der Waals surface area contributed by atoms with Crippen LogP contribution in [0.15, 0.2) is 0 Å². The lowest BCUT2D eigenvalue weighted by Gasteiger charge is -2.37. The van der Waals surface area contributed by atoms with E-state index in [1.165, 1.54) is 0 Å². The van der Waals surface area contributed by atoms with Crippen LogP contribution in [0, 0.1) is 0 Å². The van der Waals surface area contributed by atoms with Crippen molar-refractivity contribution in [2.45, 2.75) is 38.3 Å². The predicted molar refractivity (Wildman–Crippen MR) is 57.6 cm³/mol. The van der Waals surface area contributed by atoms with Crippen molar-refractivity contribution >= 4 is 5.91 Å². The number of piperazine rings is 1. The lowest BCUT2D eigenvalue weighted by molar-refractivity contribution is -0.149. The Labute approximate surface area is 91.0 Å². The summed E-state index contributed by atoms with van der Waals surface area (Å²) in [5.41, 5.74) is 0. The van der Waals surface area contributed by atoms with Crippen molar-refractivity contribution in [2.75, 3.05) is 26.2 Å². The van der Waals surface area contributed by atoms with E-state index in [4.69, 9.17) is 4.74 Å². The van der Waals surface area contributed by atoms with Gasteiger partial charge in [-0.1, -0.05) is 0 Å². The fraction of sp³-hybridized carbons (Fsp3) is 0.909. The molecule has 0 radical (unpaired) electrons. The second-order valence-electron chi connectivity index (χ2n) is 4.44. The summed E-state index contributed by atoms with van der Waals surface area (Å²) in [4.78, 5) is 14.1. The average molecular weight is 212 g/mol. The average Bonchev–Trinajstić information content (AvgIpc) is 2.30. The van der Waals surface area contributed by atoms with Gasteiger partial charge in [-0.05, 0) is 26.2 Å². The molecule has 4 nitrogen and oxygen atoms in total. The minimum absolute atomic E-state index is 0.167. The number of ether oxygens (including phenoxy) is 1. The second kappa shape index (κ2) is 4.94. The first-order chi connectivity index (χ1) is 7.29. The molecule has 0 aromatic carbocycles. The maximum absolute atomic E-state index is 12.1. The van der Waals surface area contributed by atoms with Crippen molar-refractivity contribution in [3.8, 4) is 0 Å². The first-order valence-corrected chi connectivity index (χ1v) is 5.92. The molecule has 0 aliphatic carbocycles. The number of nitrogens with zero attached hydrogens (tertiary/aromatic N) is 1. The Balaban J connectivity index is 1.92. The van der Waals surface area contributed by atoms with Gasteiger partial charge in [0.15, 0.2) is 0 Å². The summed E-state index contributed by atoms with van der Waals surface area (Å²) in [6.07, 6.45) is 2.95. The lowest BCUT2D eigenvalue weighted by atomic mass is 10.1. The molecule has 4 heteroatoms. The van der Waals surface area contributed by atoms with E-state index in [0.29, 0.717) is 6.04 Å². The SMILES string of the molecule is CC1CNCCN1C(=O)C1CCCCO1. The highest BCUT2D eigenvalue weighted by atomic mass is 16.5. The normalized spacial score (nSPS) is 32.7. The largest absolute Gasteiger partial charge is 0.368 e. The zero-order chi connectivity index (χ0) is 10.7. The fourth-order valence-electron chi connectivity index (χ4n) is 2.29. The molecule has 2 rings (SSSR count). The zero-order valence-electron chi connectivity index (χ0n) is 9.37. The minimum atomic E-state index is -0.167. The smallest absolute Gasteiger partial charge is 0.252 e. The van der Waals surface area contributed by atoms with E-state index in [0.717, 1.165) is 45.5 Å². The molecule has 1 amide bonds. The molecule has 2 aliphatic rings. The Morgan fingerprint density at radius 1 is 1.47 bits per heavy atom. The molecule has 0 saturated carbocycles. The Morgan fingerprint density at radius 3 is 3.00 bits per heavy atom. The molecule has 2 aliphatic heterocycles. The van der Waals surface area contributed by atoms with Crippen LogP contribution in [0.3, 0.4) is 0 Å². The Bertz CT molecular complexity index is 227. The molecule has 0 aromatic rings. The van der Waals surface area contributed by atoms with Gasteiger partial charge in [-0.15, -0.1) is 0 Å². The molecule has 2 unspecified atom stereocenters. The summed E-state index contributed by atoms with van der Waals surface area (Å²) in [5.74, 6) is 0.198. The van der Waals surface area contributed by atoms with Crippen molar-refractivity contribution < 1.29 is 9.53 Å². The number of carbonyl (C=O) groups is 1. The lowest BCUT2D eigenvalue weighted by Crippen LogP contribution is -2.55. The van der Waals surface area contributed by atoms with Gasteiger partial charge < -0.3 is 15.0 Å². The number of hydrogen-bond acceptors (Lipinski definition) is 3. The molecule has 86 valence electrons. The van der Waals surface area contributed by atoms with E-state index in [-0.39, 0.29) is 12.0 Å². The van der Waals surface area contributed by atoms with Crippen LogP contribution in [0.25, 0.3) is 0 Å². The number of rotatable bonds is 1. The zero-order valence-corrected chi connectivity index (χ0v) is 9.37. The van der Waals surface area contributed by atoms with E-state index in [1.807, 2.05) is 4.90 Å². The van der Waals surface area contributed by atoms with Gasteiger partial charge in [-0.3, -0.25) is 4.79 Å². The van der Waals surface area contributed by atoms with Crippen molar-refractivity contribution in [3.05, 3.63) is 0 Å². The second-order valence-corrected chi connectivity index (χ2v) is 4.44. The van der Waals surface area contributed by atoms with E-state index >= 15 is 0 Å². The summed E-state index contributed by atoms with van der Waals surface area (Å²) >= 11 is 0. The first kappa shape index (κ1) is 10.9. The van der Waals surface area contributed by atoms with Crippen molar-refractivity contribution in [1.82, 2.24) is 10.2 Å². The maximum atomic E-state index is 12.1. The van der Waals surface area contributed by atoms with Crippen LogP contribution in [0.5, 0.6) is 0 Å². The van der Waals surface area contributed by atoms with Crippen LogP contribution in [-0.4, -0.2) is 49.2 Å². The predicted octanol–water partition coefficient (Wildman–Crippen LogP) is 0.376. The molecule has 0 aromatic heterocycles. The highest BCUT2D eigenvalue weighted by Gasteiger charge is 2.30. The van der Waals surface area contributed by atoms with Gasteiger partial charge in [0.1, 0.15) is 6.10 Å². The van der Waals surface area contributed by atoms with E-state index in [1.54, 1.807) is 0 Å². The summed E-state index contributed by atoms with van der Waals surface area (Å²) in [5, 5.41) is 3.29. The van der Waals surface area contributed by atoms with Crippen LogP contribution in [0.1, 0.15) is 26.2 Å². The topological polar surface area (TPSA) is 41.6 Å². The molecule has 2 heterocycles. The van der Waals surface area contributed by atoms with Gasteiger partial charge in [0.25, 0.3) is 5.91 Å². The van der Waals surface area contributed by atoms with Gasteiger partial charge in [0.2, 0.25) is 0 Å². The van der Waals surface area contributed by atoms with Gasteiger partial charge in [0.05, 0.1) is 0 Å². The van der Waals surface area contributed by atoms with Gasteiger partial charge in [-0.25, -0.2) is 0 Å². The maximum Gasteiger partial charge on any atom is 0.252 e. The summed E-state index contributed by atoms with van der Waals surface area (Å²) in [6, 6.07) is 0.303. The summed E-state index contributed by atoms with van der Waals surface area (Å²) < 4.78 is 5.53. The van der Waals surface area contributed by atoms with Gasteiger partial charge >= 0.3 is 0 Å². The summed E-state index contributed by atoms with van der Waals surface area (Å²) in [6.45, 7) is 5.46. The highest BCUT2D eigenvalue weighted by molar-refractivity contribution is 5.81. The van der Waals surface area contributed by atoms with Crippen molar-refractivity contribution in [3.63, 3.8) is 0 Å². The Hall–Kier alpha value is -0.610. The third-order valence-corrected chi connectivity index (χ3v) is 3.24. The fourth-order valence-corrected chi connectivity index (χ4v) is 2.29.